The van der Waals surface area contributed by atoms with Gasteiger partial charge in [-0.3, -0.25) is 19.3 Å². The smallest absolute Gasteiger partial charge is 0.240 e. The summed E-state index contributed by atoms with van der Waals surface area (Å²) >= 11 is 1.47. The minimum Gasteiger partial charge on any atom is -0.343 e. The van der Waals surface area contributed by atoms with E-state index in [1.807, 2.05) is 29.7 Å². The number of halogens is 1. The van der Waals surface area contributed by atoms with E-state index in [9.17, 15) is 18.8 Å². The number of rotatable bonds is 5. The first-order chi connectivity index (χ1) is 13.5. The normalized spacial score (nSPS) is 22.2. The number of benzene rings is 1. The maximum Gasteiger partial charge on any atom is 0.240 e. The Balaban J connectivity index is 1.50. The maximum atomic E-state index is 13.3. The number of carbonyl (C=O) groups excluding carboxylic acids is 3. The number of nitrogens with zero attached hydrogens (tertiary/aromatic N) is 1. The van der Waals surface area contributed by atoms with Crippen molar-refractivity contribution in [2.24, 2.45) is 11.8 Å². The molecule has 0 saturated carbocycles. The molecule has 144 valence electrons. The monoisotopic (exact) mass is 398 g/mol. The van der Waals surface area contributed by atoms with E-state index in [2.05, 4.69) is 5.32 Å². The third-order valence-electron chi connectivity index (χ3n) is 5.24. The predicted molar refractivity (Wildman–Crippen MR) is 103 cm³/mol. The quantitative estimate of drug-likeness (QED) is 0.622. The first-order valence-corrected chi connectivity index (χ1v) is 10.0. The van der Waals surface area contributed by atoms with Crippen LogP contribution in [-0.4, -0.2) is 29.2 Å². The van der Waals surface area contributed by atoms with E-state index in [1.54, 1.807) is 12.1 Å². The highest BCUT2D eigenvalue weighted by Crippen LogP contribution is 2.35. The van der Waals surface area contributed by atoms with Gasteiger partial charge in [0, 0.05) is 4.88 Å². The molecule has 0 bridgehead atoms. The van der Waals surface area contributed by atoms with Crippen LogP contribution in [0.15, 0.2) is 53.9 Å². The Hall–Kier alpha value is -2.80. The molecule has 1 N–H and O–H groups in total. The van der Waals surface area contributed by atoms with Crippen LogP contribution < -0.4 is 5.32 Å². The second kappa shape index (κ2) is 7.67. The van der Waals surface area contributed by atoms with Crippen molar-refractivity contribution >= 4 is 29.1 Å². The van der Waals surface area contributed by atoms with Crippen molar-refractivity contribution in [3.8, 4) is 0 Å². The lowest BCUT2D eigenvalue weighted by molar-refractivity contribution is -0.143. The number of thiophene rings is 1. The van der Waals surface area contributed by atoms with Gasteiger partial charge in [0.05, 0.1) is 17.9 Å². The van der Waals surface area contributed by atoms with Crippen molar-refractivity contribution in [3.63, 3.8) is 0 Å². The Morgan fingerprint density at radius 1 is 1.11 bits per heavy atom. The van der Waals surface area contributed by atoms with Crippen LogP contribution in [-0.2, 0) is 14.4 Å². The van der Waals surface area contributed by atoms with Crippen molar-refractivity contribution in [1.29, 1.82) is 0 Å². The average Bonchev–Trinajstić information content (AvgIpc) is 3.31. The molecular weight excluding hydrogens is 379 g/mol. The van der Waals surface area contributed by atoms with Crippen molar-refractivity contribution < 1.29 is 18.8 Å². The van der Waals surface area contributed by atoms with Crippen LogP contribution in [0.2, 0.25) is 0 Å². The molecule has 0 spiro atoms. The van der Waals surface area contributed by atoms with Crippen molar-refractivity contribution in [3.05, 3.63) is 70.2 Å². The number of carbonyl (C=O) groups is 3. The van der Waals surface area contributed by atoms with Gasteiger partial charge in [0.2, 0.25) is 17.7 Å². The van der Waals surface area contributed by atoms with Gasteiger partial charge in [-0.15, -0.1) is 11.3 Å². The Labute approximate surface area is 165 Å². The van der Waals surface area contributed by atoms with E-state index in [1.165, 1.54) is 23.5 Å². The lowest BCUT2D eigenvalue weighted by Gasteiger charge is -2.20. The largest absolute Gasteiger partial charge is 0.343 e. The van der Waals surface area contributed by atoms with Crippen LogP contribution in [0.4, 0.5) is 4.39 Å². The molecule has 1 fully saturated rings. The molecule has 5 nitrogen and oxygen atoms in total. The van der Waals surface area contributed by atoms with Gasteiger partial charge in [0.15, 0.2) is 0 Å². The lowest BCUT2D eigenvalue weighted by Crippen LogP contribution is -2.42. The second-order valence-electron chi connectivity index (χ2n) is 6.99. The van der Waals surface area contributed by atoms with Crippen molar-refractivity contribution in [2.75, 3.05) is 6.54 Å². The van der Waals surface area contributed by atoms with E-state index in [0.717, 1.165) is 15.3 Å². The van der Waals surface area contributed by atoms with Gasteiger partial charge in [-0.1, -0.05) is 30.4 Å². The fraction of sp³-hybridized carbons (Fsp3) is 0.286. The van der Waals surface area contributed by atoms with E-state index in [-0.39, 0.29) is 36.0 Å². The molecule has 3 atom stereocenters. The van der Waals surface area contributed by atoms with Gasteiger partial charge >= 0.3 is 0 Å². The molecule has 2 aliphatic rings. The molecule has 0 unspecified atom stereocenters. The number of hydrogen-bond acceptors (Lipinski definition) is 4. The summed E-state index contributed by atoms with van der Waals surface area (Å²) in [6.45, 7) is -0.298. The van der Waals surface area contributed by atoms with Gasteiger partial charge in [-0.25, -0.2) is 4.39 Å². The van der Waals surface area contributed by atoms with E-state index in [4.69, 9.17) is 0 Å². The molecule has 1 aliphatic heterocycles. The van der Waals surface area contributed by atoms with Crippen molar-refractivity contribution in [1.82, 2.24) is 10.2 Å². The summed E-state index contributed by atoms with van der Waals surface area (Å²) in [4.78, 5) is 39.8. The zero-order valence-electron chi connectivity index (χ0n) is 15.0. The van der Waals surface area contributed by atoms with Crippen molar-refractivity contribution in [2.45, 2.75) is 18.9 Å². The topological polar surface area (TPSA) is 66.5 Å². The zero-order chi connectivity index (χ0) is 19.7. The summed E-state index contributed by atoms with van der Waals surface area (Å²) < 4.78 is 13.3. The molecule has 3 amide bonds. The first-order valence-electron chi connectivity index (χ1n) is 9.13. The summed E-state index contributed by atoms with van der Waals surface area (Å²) in [5.74, 6) is -2.03. The van der Waals surface area contributed by atoms with Gasteiger partial charge in [0.1, 0.15) is 12.4 Å². The molecule has 1 saturated heterocycles. The number of allylic oxidation sites excluding steroid dienone is 2. The highest BCUT2D eigenvalue weighted by molar-refractivity contribution is 7.10. The third kappa shape index (κ3) is 3.49. The number of amides is 3. The number of nitrogens with one attached hydrogen (secondary N) is 1. The highest BCUT2D eigenvalue weighted by Gasteiger charge is 2.47. The number of likely N-dealkylation sites (tertiary alicyclic amines) is 1. The molecule has 1 aliphatic carbocycles. The van der Waals surface area contributed by atoms with E-state index in [0.29, 0.717) is 12.8 Å². The Kier molecular flexibility index (Phi) is 5.09. The van der Waals surface area contributed by atoms with Crippen LogP contribution >= 0.6 is 11.3 Å². The molecular formula is C21H19FN2O3S. The molecule has 0 radical (unpaired) electrons. The summed E-state index contributed by atoms with van der Waals surface area (Å²) in [5.41, 5.74) is 0.731. The molecule has 2 aromatic rings. The Bertz CT molecular complexity index is 898. The fourth-order valence-electron chi connectivity index (χ4n) is 3.80. The molecule has 1 aromatic heterocycles. The van der Waals surface area contributed by atoms with Crippen LogP contribution in [0, 0.1) is 17.7 Å². The summed E-state index contributed by atoms with van der Waals surface area (Å²) in [6, 6.07) is 9.20. The SMILES string of the molecule is O=C(CN1C(=O)[C@H]2CC=CC[C@H]2C1=O)N[C@H](c1ccc(F)cc1)c1cccs1. The Morgan fingerprint density at radius 3 is 2.32 bits per heavy atom. The van der Waals surface area contributed by atoms with Crippen LogP contribution in [0.5, 0.6) is 0 Å². The van der Waals surface area contributed by atoms with Gasteiger partial charge in [-0.2, -0.15) is 0 Å². The molecule has 4 rings (SSSR count). The summed E-state index contributed by atoms with van der Waals surface area (Å²) in [5, 5.41) is 4.78. The van der Waals surface area contributed by atoms with E-state index < -0.39 is 11.9 Å². The number of hydrogen-bond donors (Lipinski definition) is 1. The van der Waals surface area contributed by atoms with E-state index >= 15 is 0 Å². The highest BCUT2D eigenvalue weighted by atomic mass is 32.1. The first kappa shape index (κ1) is 18.6. The molecule has 2 heterocycles. The molecule has 28 heavy (non-hydrogen) atoms. The standard InChI is InChI=1S/C21H19FN2O3S/c22-14-9-7-13(8-10-14)19(17-6-3-11-28-17)23-18(25)12-24-20(26)15-4-1-2-5-16(15)21(24)27/h1-3,6-11,15-16,19H,4-5,12H2,(H,23,25)/t15-,16+,19-/m1/s1. The summed E-state index contributed by atoms with van der Waals surface area (Å²) in [7, 11) is 0. The van der Waals surface area contributed by atoms with Gasteiger partial charge in [-0.05, 0) is 42.0 Å². The Morgan fingerprint density at radius 2 is 1.75 bits per heavy atom. The summed E-state index contributed by atoms with van der Waals surface area (Å²) in [6.07, 6.45) is 4.91. The molecule has 7 heteroatoms. The minimum atomic E-state index is -0.468. The predicted octanol–water partition coefficient (Wildman–Crippen LogP) is 3.04. The van der Waals surface area contributed by atoms with Crippen LogP contribution in [0.3, 0.4) is 0 Å². The van der Waals surface area contributed by atoms with Gasteiger partial charge < -0.3 is 5.32 Å². The van der Waals surface area contributed by atoms with Gasteiger partial charge in [0.25, 0.3) is 0 Å². The molecule has 1 aromatic carbocycles. The fourth-order valence-corrected chi connectivity index (χ4v) is 4.61. The third-order valence-corrected chi connectivity index (χ3v) is 6.17. The second-order valence-corrected chi connectivity index (χ2v) is 7.97. The zero-order valence-corrected chi connectivity index (χ0v) is 15.8. The lowest BCUT2D eigenvalue weighted by atomic mass is 9.85. The average molecular weight is 398 g/mol. The minimum absolute atomic E-state index is 0.274. The van der Waals surface area contributed by atoms with Crippen LogP contribution in [0.25, 0.3) is 0 Å². The number of fused-ring (bicyclic) bond motifs is 1. The van der Waals surface area contributed by atoms with Crippen LogP contribution in [0.1, 0.15) is 29.3 Å². The number of imide groups is 1. The maximum absolute atomic E-state index is 13.3.